The van der Waals surface area contributed by atoms with Crippen LogP contribution in [0.15, 0.2) is 18.2 Å². The fourth-order valence-corrected chi connectivity index (χ4v) is 3.24. The molecule has 5 heteroatoms. The fourth-order valence-electron chi connectivity index (χ4n) is 3.24. The van der Waals surface area contributed by atoms with Gasteiger partial charge < -0.3 is 10.2 Å². The molecule has 0 atom stereocenters. The molecule has 1 amide bonds. The number of aromatic nitrogens is 2. The van der Waals surface area contributed by atoms with E-state index in [-0.39, 0.29) is 11.9 Å². The normalized spacial score (nSPS) is 16.8. The van der Waals surface area contributed by atoms with Crippen molar-refractivity contribution in [3.05, 3.63) is 29.5 Å². The maximum Gasteiger partial charge on any atom is 0.272 e. The van der Waals surface area contributed by atoms with Crippen molar-refractivity contribution >= 4 is 16.8 Å². The van der Waals surface area contributed by atoms with E-state index in [4.69, 9.17) is 0 Å². The van der Waals surface area contributed by atoms with Gasteiger partial charge in [0.15, 0.2) is 5.69 Å². The van der Waals surface area contributed by atoms with Gasteiger partial charge in [0.25, 0.3) is 5.91 Å². The van der Waals surface area contributed by atoms with E-state index in [1.807, 2.05) is 25.1 Å². The smallest absolute Gasteiger partial charge is 0.272 e. The summed E-state index contributed by atoms with van der Waals surface area (Å²) in [6, 6.07) is 6.27. The summed E-state index contributed by atoms with van der Waals surface area (Å²) in [6.45, 7) is 7.58. The summed E-state index contributed by atoms with van der Waals surface area (Å²) in [5, 5.41) is 11.2. The molecule has 2 aromatic rings. The van der Waals surface area contributed by atoms with Gasteiger partial charge in [-0.25, -0.2) is 0 Å². The zero-order valence-electron chi connectivity index (χ0n) is 14.1. The molecule has 1 saturated heterocycles. The third-order valence-electron chi connectivity index (χ3n) is 4.68. The number of hydrogen-bond acceptors (Lipinski definition) is 3. The Morgan fingerprint density at radius 2 is 2.17 bits per heavy atom. The van der Waals surface area contributed by atoms with Gasteiger partial charge in [0.2, 0.25) is 0 Å². The monoisotopic (exact) mass is 314 g/mol. The Balaban J connectivity index is 1.60. The third kappa shape index (κ3) is 3.72. The zero-order chi connectivity index (χ0) is 16.2. The van der Waals surface area contributed by atoms with Crippen LogP contribution in [0.25, 0.3) is 10.9 Å². The van der Waals surface area contributed by atoms with Crippen molar-refractivity contribution in [3.63, 3.8) is 0 Å². The van der Waals surface area contributed by atoms with Gasteiger partial charge in [-0.2, -0.15) is 5.10 Å². The minimum absolute atomic E-state index is 0.0612. The number of benzene rings is 1. The van der Waals surface area contributed by atoms with Crippen LogP contribution in [0.5, 0.6) is 0 Å². The maximum absolute atomic E-state index is 12.5. The highest BCUT2D eigenvalue weighted by Crippen LogP contribution is 2.18. The lowest BCUT2D eigenvalue weighted by atomic mass is 10.0. The molecule has 0 spiro atoms. The summed E-state index contributed by atoms with van der Waals surface area (Å²) in [4.78, 5) is 15.0. The van der Waals surface area contributed by atoms with Gasteiger partial charge in [-0.05, 0) is 44.9 Å². The molecule has 0 saturated carbocycles. The molecule has 1 aliphatic heterocycles. The summed E-state index contributed by atoms with van der Waals surface area (Å²) >= 11 is 0. The second-order valence-electron chi connectivity index (χ2n) is 6.56. The Kier molecular flexibility index (Phi) is 4.96. The van der Waals surface area contributed by atoms with E-state index in [2.05, 4.69) is 27.3 Å². The van der Waals surface area contributed by atoms with E-state index in [1.54, 1.807) is 0 Å². The number of carbonyl (C=O) groups is 1. The molecule has 0 radical (unpaired) electrons. The molecule has 2 N–H and O–H groups in total. The first-order valence-electron chi connectivity index (χ1n) is 8.65. The first-order valence-corrected chi connectivity index (χ1v) is 8.65. The Labute approximate surface area is 137 Å². The number of likely N-dealkylation sites (tertiary alicyclic amines) is 1. The molecule has 1 aromatic heterocycles. The summed E-state index contributed by atoms with van der Waals surface area (Å²) < 4.78 is 0. The van der Waals surface area contributed by atoms with Crippen LogP contribution >= 0.6 is 0 Å². The van der Waals surface area contributed by atoms with Crippen molar-refractivity contribution in [3.8, 4) is 0 Å². The lowest BCUT2D eigenvalue weighted by Gasteiger charge is -2.32. The highest BCUT2D eigenvalue weighted by atomic mass is 16.2. The predicted octanol–water partition coefficient (Wildman–Crippen LogP) is 2.87. The highest BCUT2D eigenvalue weighted by molar-refractivity contribution is 6.04. The first kappa shape index (κ1) is 16.0. The van der Waals surface area contributed by atoms with Gasteiger partial charge in [0.1, 0.15) is 0 Å². The molecule has 5 nitrogen and oxygen atoms in total. The van der Waals surface area contributed by atoms with Crippen LogP contribution in [0, 0.1) is 6.92 Å². The Morgan fingerprint density at radius 1 is 1.39 bits per heavy atom. The van der Waals surface area contributed by atoms with E-state index < -0.39 is 0 Å². The number of nitrogens with zero attached hydrogens (tertiary/aromatic N) is 2. The SMILES string of the molecule is CCCCN1CCC(NC(=O)c2n[nH]c3ccc(C)cc23)CC1. The molecular formula is C18H26N4O. The van der Waals surface area contributed by atoms with E-state index >= 15 is 0 Å². The summed E-state index contributed by atoms with van der Waals surface area (Å²) in [5.41, 5.74) is 2.56. The van der Waals surface area contributed by atoms with Gasteiger partial charge >= 0.3 is 0 Å². The zero-order valence-corrected chi connectivity index (χ0v) is 14.1. The van der Waals surface area contributed by atoms with Crippen molar-refractivity contribution < 1.29 is 4.79 Å². The standard InChI is InChI=1S/C18H26N4O/c1-3-4-9-22-10-7-14(8-11-22)19-18(23)17-15-12-13(2)5-6-16(15)20-21-17/h5-6,12,14H,3-4,7-11H2,1-2H3,(H,19,23)(H,20,21). The van der Waals surface area contributed by atoms with Crippen LogP contribution in [-0.2, 0) is 0 Å². The summed E-state index contributed by atoms with van der Waals surface area (Å²) in [5.74, 6) is -0.0612. The molecule has 23 heavy (non-hydrogen) atoms. The van der Waals surface area contributed by atoms with Gasteiger partial charge in [-0.15, -0.1) is 0 Å². The minimum atomic E-state index is -0.0612. The minimum Gasteiger partial charge on any atom is -0.348 e. The molecule has 0 bridgehead atoms. The number of unbranched alkanes of at least 4 members (excludes halogenated alkanes) is 1. The lowest BCUT2D eigenvalue weighted by Crippen LogP contribution is -2.44. The molecule has 124 valence electrons. The van der Waals surface area contributed by atoms with Crippen LogP contribution in [0.1, 0.15) is 48.7 Å². The molecule has 2 heterocycles. The van der Waals surface area contributed by atoms with Crippen molar-refractivity contribution in [1.29, 1.82) is 0 Å². The topological polar surface area (TPSA) is 61.0 Å². The Morgan fingerprint density at radius 3 is 2.91 bits per heavy atom. The van der Waals surface area contributed by atoms with Crippen LogP contribution in [0.4, 0.5) is 0 Å². The number of aromatic amines is 1. The van der Waals surface area contributed by atoms with Crippen molar-refractivity contribution in [1.82, 2.24) is 20.4 Å². The fraction of sp³-hybridized carbons (Fsp3) is 0.556. The number of carbonyl (C=O) groups excluding carboxylic acids is 1. The van der Waals surface area contributed by atoms with Crippen LogP contribution in [-0.4, -0.2) is 46.7 Å². The van der Waals surface area contributed by atoms with E-state index in [1.165, 1.54) is 19.4 Å². The number of fused-ring (bicyclic) bond motifs is 1. The quantitative estimate of drug-likeness (QED) is 0.892. The van der Waals surface area contributed by atoms with E-state index in [0.717, 1.165) is 42.4 Å². The maximum atomic E-state index is 12.5. The second-order valence-corrected chi connectivity index (χ2v) is 6.56. The van der Waals surface area contributed by atoms with Gasteiger partial charge in [0, 0.05) is 24.5 Å². The number of piperidine rings is 1. The number of amides is 1. The van der Waals surface area contributed by atoms with Crippen LogP contribution in [0.2, 0.25) is 0 Å². The average Bonchev–Trinajstić information content (AvgIpc) is 2.97. The Hall–Kier alpha value is -1.88. The van der Waals surface area contributed by atoms with Gasteiger partial charge in [0.05, 0.1) is 5.52 Å². The largest absolute Gasteiger partial charge is 0.348 e. The summed E-state index contributed by atoms with van der Waals surface area (Å²) in [6.07, 6.45) is 4.55. The molecule has 1 aromatic carbocycles. The van der Waals surface area contributed by atoms with E-state index in [0.29, 0.717) is 5.69 Å². The molecule has 0 unspecified atom stereocenters. The number of H-pyrrole nitrogens is 1. The van der Waals surface area contributed by atoms with Crippen LogP contribution < -0.4 is 5.32 Å². The molecule has 1 fully saturated rings. The number of rotatable bonds is 5. The van der Waals surface area contributed by atoms with Crippen molar-refractivity contribution in [2.75, 3.05) is 19.6 Å². The molecule has 0 aliphatic carbocycles. The molecule has 1 aliphatic rings. The van der Waals surface area contributed by atoms with Gasteiger partial charge in [-0.3, -0.25) is 9.89 Å². The first-order chi connectivity index (χ1) is 11.2. The van der Waals surface area contributed by atoms with E-state index in [9.17, 15) is 4.79 Å². The Bertz CT molecular complexity index is 671. The second kappa shape index (κ2) is 7.13. The molecular weight excluding hydrogens is 288 g/mol. The van der Waals surface area contributed by atoms with Crippen LogP contribution in [0.3, 0.4) is 0 Å². The third-order valence-corrected chi connectivity index (χ3v) is 4.68. The summed E-state index contributed by atoms with van der Waals surface area (Å²) in [7, 11) is 0. The van der Waals surface area contributed by atoms with Crippen molar-refractivity contribution in [2.45, 2.75) is 45.6 Å². The van der Waals surface area contributed by atoms with Crippen molar-refractivity contribution in [2.24, 2.45) is 0 Å². The number of hydrogen-bond donors (Lipinski definition) is 2. The lowest BCUT2D eigenvalue weighted by molar-refractivity contribution is 0.0907. The molecule has 3 rings (SSSR count). The number of nitrogens with one attached hydrogen (secondary N) is 2. The van der Waals surface area contributed by atoms with Gasteiger partial charge in [-0.1, -0.05) is 25.0 Å². The highest BCUT2D eigenvalue weighted by Gasteiger charge is 2.22. The average molecular weight is 314 g/mol. The predicted molar refractivity (Wildman–Crippen MR) is 92.7 cm³/mol. The number of aryl methyl sites for hydroxylation is 1.